The summed E-state index contributed by atoms with van der Waals surface area (Å²) in [5, 5.41) is 5.73. The van der Waals surface area contributed by atoms with Gasteiger partial charge in [-0.25, -0.2) is 4.39 Å². The lowest BCUT2D eigenvalue weighted by Gasteiger charge is -2.21. The number of hydrogen-bond donors (Lipinski definition) is 2. The molecule has 1 amide bonds. The number of benzene rings is 1. The molecular formula is C14H17ClFN3O. The molecule has 6 heteroatoms. The van der Waals surface area contributed by atoms with Gasteiger partial charge in [0.05, 0.1) is 5.02 Å². The minimum Gasteiger partial charge on any atom is -0.338 e. The van der Waals surface area contributed by atoms with E-state index in [1.165, 1.54) is 12.1 Å². The molecule has 1 saturated heterocycles. The van der Waals surface area contributed by atoms with Crippen molar-refractivity contribution in [1.29, 1.82) is 0 Å². The van der Waals surface area contributed by atoms with Gasteiger partial charge in [-0.2, -0.15) is 0 Å². The van der Waals surface area contributed by atoms with E-state index in [2.05, 4.69) is 15.6 Å². The van der Waals surface area contributed by atoms with Crippen LogP contribution < -0.4 is 10.6 Å². The Bertz CT molecular complexity index is 574. The Balaban J connectivity index is 2.28. The summed E-state index contributed by atoms with van der Waals surface area (Å²) in [6, 6.07) is 4.25. The van der Waals surface area contributed by atoms with Crippen LogP contribution in [0.2, 0.25) is 5.02 Å². The van der Waals surface area contributed by atoms with Crippen molar-refractivity contribution < 1.29 is 9.18 Å². The molecule has 1 aromatic carbocycles. The van der Waals surface area contributed by atoms with Crippen molar-refractivity contribution in [3.8, 4) is 0 Å². The molecule has 4 nitrogen and oxygen atoms in total. The first-order valence-electron chi connectivity index (χ1n) is 6.42. The second-order valence-corrected chi connectivity index (χ2v) is 5.82. The SMILES string of the molecule is CC(C)CN=C1NC(=O)C(C)(c2ccc(F)c(Cl)c2)N1. The van der Waals surface area contributed by atoms with Crippen LogP contribution in [0.4, 0.5) is 4.39 Å². The molecule has 1 fully saturated rings. The Labute approximate surface area is 122 Å². The number of halogens is 2. The Morgan fingerprint density at radius 1 is 1.45 bits per heavy atom. The zero-order valence-corrected chi connectivity index (χ0v) is 12.4. The fourth-order valence-electron chi connectivity index (χ4n) is 1.92. The summed E-state index contributed by atoms with van der Waals surface area (Å²) in [7, 11) is 0. The molecule has 0 aromatic heterocycles. The van der Waals surface area contributed by atoms with Crippen LogP contribution in [0.25, 0.3) is 0 Å². The Morgan fingerprint density at radius 3 is 2.75 bits per heavy atom. The van der Waals surface area contributed by atoms with Crippen molar-refractivity contribution in [3.63, 3.8) is 0 Å². The van der Waals surface area contributed by atoms with E-state index in [1.54, 1.807) is 13.0 Å². The highest BCUT2D eigenvalue weighted by atomic mass is 35.5. The summed E-state index contributed by atoms with van der Waals surface area (Å²) in [5.74, 6) is 0.0915. The number of hydrogen-bond acceptors (Lipinski definition) is 2. The highest BCUT2D eigenvalue weighted by Crippen LogP contribution is 2.27. The third kappa shape index (κ3) is 2.77. The van der Waals surface area contributed by atoms with E-state index in [0.717, 1.165) is 0 Å². The van der Waals surface area contributed by atoms with E-state index in [9.17, 15) is 9.18 Å². The minimum atomic E-state index is -0.993. The summed E-state index contributed by atoms with van der Waals surface area (Å²) >= 11 is 5.78. The molecular weight excluding hydrogens is 281 g/mol. The van der Waals surface area contributed by atoms with E-state index in [4.69, 9.17) is 11.6 Å². The maximum absolute atomic E-state index is 13.2. The molecule has 2 rings (SSSR count). The first-order valence-corrected chi connectivity index (χ1v) is 6.80. The molecule has 0 aliphatic carbocycles. The maximum Gasteiger partial charge on any atom is 0.256 e. The topological polar surface area (TPSA) is 53.5 Å². The highest BCUT2D eigenvalue weighted by Gasteiger charge is 2.42. The first kappa shape index (κ1) is 14.8. The molecule has 2 N–H and O–H groups in total. The van der Waals surface area contributed by atoms with Gasteiger partial charge in [-0.1, -0.05) is 31.5 Å². The Morgan fingerprint density at radius 2 is 2.15 bits per heavy atom. The average molecular weight is 298 g/mol. The molecule has 1 aliphatic rings. The van der Waals surface area contributed by atoms with Crippen LogP contribution in [0.15, 0.2) is 23.2 Å². The smallest absolute Gasteiger partial charge is 0.256 e. The van der Waals surface area contributed by atoms with Crippen molar-refractivity contribution >= 4 is 23.5 Å². The van der Waals surface area contributed by atoms with E-state index < -0.39 is 11.4 Å². The van der Waals surface area contributed by atoms with Crippen LogP contribution >= 0.6 is 11.6 Å². The van der Waals surface area contributed by atoms with Gasteiger partial charge in [-0.3, -0.25) is 15.1 Å². The summed E-state index contributed by atoms with van der Waals surface area (Å²) in [5.41, 5.74) is -0.399. The van der Waals surface area contributed by atoms with E-state index in [-0.39, 0.29) is 10.9 Å². The summed E-state index contributed by atoms with van der Waals surface area (Å²) < 4.78 is 13.2. The van der Waals surface area contributed by atoms with Crippen molar-refractivity contribution in [1.82, 2.24) is 10.6 Å². The number of nitrogens with one attached hydrogen (secondary N) is 2. The van der Waals surface area contributed by atoms with Gasteiger partial charge < -0.3 is 5.32 Å². The van der Waals surface area contributed by atoms with Gasteiger partial charge in [-0.15, -0.1) is 0 Å². The van der Waals surface area contributed by atoms with Gasteiger partial charge in [0.2, 0.25) is 0 Å². The van der Waals surface area contributed by atoms with Crippen molar-refractivity contribution in [2.24, 2.45) is 10.9 Å². The molecule has 1 aliphatic heterocycles. The number of rotatable bonds is 3. The van der Waals surface area contributed by atoms with Gasteiger partial charge in [0, 0.05) is 6.54 Å². The van der Waals surface area contributed by atoms with Crippen LogP contribution in [0.1, 0.15) is 26.3 Å². The molecule has 0 radical (unpaired) electrons. The minimum absolute atomic E-state index is 0.00843. The van der Waals surface area contributed by atoms with Gasteiger partial charge in [0.25, 0.3) is 5.91 Å². The fourth-order valence-corrected chi connectivity index (χ4v) is 2.10. The molecule has 1 atom stereocenters. The Kier molecular flexibility index (Phi) is 3.99. The van der Waals surface area contributed by atoms with Crippen molar-refractivity contribution in [2.75, 3.05) is 6.54 Å². The van der Waals surface area contributed by atoms with Crippen LogP contribution in [0.3, 0.4) is 0 Å². The molecule has 1 aromatic rings. The number of nitrogens with zero attached hydrogens (tertiary/aromatic N) is 1. The third-order valence-electron chi connectivity index (χ3n) is 3.17. The zero-order chi connectivity index (χ0) is 14.9. The molecule has 0 saturated carbocycles. The molecule has 1 unspecified atom stereocenters. The zero-order valence-electron chi connectivity index (χ0n) is 11.6. The highest BCUT2D eigenvalue weighted by molar-refractivity contribution is 6.30. The maximum atomic E-state index is 13.2. The summed E-state index contributed by atoms with van der Waals surface area (Å²) in [6.45, 7) is 6.41. The first-order chi connectivity index (χ1) is 9.33. The van der Waals surface area contributed by atoms with Crippen molar-refractivity contribution in [2.45, 2.75) is 26.3 Å². The lowest BCUT2D eigenvalue weighted by atomic mass is 9.92. The number of aliphatic imine (C=N–C) groups is 1. The van der Waals surface area contributed by atoms with Gasteiger partial charge in [0.15, 0.2) is 5.96 Å². The number of carbonyl (C=O) groups is 1. The van der Waals surface area contributed by atoms with Gasteiger partial charge in [-0.05, 0) is 30.5 Å². The second-order valence-electron chi connectivity index (χ2n) is 5.42. The largest absolute Gasteiger partial charge is 0.338 e. The van der Waals surface area contributed by atoms with Crippen LogP contribution in [-0.4, -0.2) is 18.4 Å². The van der Waals surface area contributed by atoms with Gasteiger partial charge >= 0.3 is 0 Å². The Hall–Kier alpha value is -1.62. The fraction of sp³-hybridized carbons (Fsp3) is 0.429. The normalized spacial score (nSPS) is 24.1. The number of guanidine groups is 1. The third-order valence-corrected chi connectivity index (χ3v) is 3.46. The second kappa shape index (κ2) is 5.40. The van der Waals surface area contributed by atoms with Crippen LogP contribution in [-0.2, 0) is 10.3 Å². The molecule has 0 spiro atoms. The van der Waals surface area contributed by atoms with Crippen LogP contribution in [0, 0.1) is 11.7 Å². The lowest BCUT2D eigenvalue weighted by Crippen LogP contribution is -2.40. The van der Waals surface area contributed by atoms with E-state index >= 15 is 0 Å². The summed E-state index contributed by atoms with van der Waals surface area (Å²) in [6.07, 6.45) is 0. The monoisotopic (exact) mass is 297 g/mol. The predicted octanol–water partition coefficient (Wildman–Crippen LogP) is 2.43. The van der Waals surface area contributed by atoms with Gasteiger partial charge in [0.1, 0.15) is 11.4 Å². The molecule has 1 heterocycles. The lowest BCUT2D eigenvalue weighted by molar-refractivity contribution is -0.123. The number of amides is 1. The van der Waals surface area contributed by atoms with Crippen molar-refractivity contribution in [3.05, 3.63) is 34.6 Å². The molecule has 108 valence electrons. The predicted molar refractivity (Wildman–Crippen MR) is 77.2 cm³/mol. The standard InChI is InChI=1S/C14H17ClFN3O/c1-8(2)7-17-13-18-12(20)14(3,19-13)9-4-5-11(16)10(15)6-9/h4-6,8H,7H2,1-3H3,(H2,17,18,19,20). The molecule has 20 heavy (non-hydrogen) atoms. The van der Waals surface area contributed by atoms with Crippen LogP contribution in [0.5, 0.6) is 0 Å². The molecule has 0 bridgehead atoms. The quantitative estimate of drug-likeness (QED) is 0.900. The number of carbonyl (C=O) groups excluding carboxylic acids is 1. The summed E-state index contributed by atoms with van der Waals surface area (Å²) in [4.78, 5) is 16.5. The van der Waals surface area contributed by atoms with E-state index in [0.29, 0.717) is 24.0 Å². The average Bonchev–Trinajstić information content (AvgIpc) is 2.67. The van der Waals surface area contributed by atoms with E-state index in [1.807, 2.05) is 13.8 Å².